The summed E-state index contributed by atoms with van der Waals surface area (Å²) in [7, 11) is 1.83. The number of carboxylic acids is 2. The van der Waals surface area contributed by atoms with E-state index in [1.165, 1.54) is 0 Å². The minimum Gasteiger partial charge on any atom is -0.550 e. The number of thiocarbonyl (C=S) groups is 1. The van der Waals surface area contributed by atoms with E-state index in [4.69, 9.17) is 12.2 Å². The number of carbonyl (C=O) groups is 3. The Labute approximate surface area is 141 Å². The zero-order chi connectivity index (χ0) is 17.1. The molecule has 7 nitrogen and oxygen atoms in total. The first kappa shape index (κ1) is 17.2. The molecule has 1 atom stereocenters. The molecule has 0 unspecified atom stereocenters. The molecular formula is C14H12N2O5S2-2. The molecule has 1 aliphatic heterocycles. The molecule has 1 saturated heterocycles. The zero-order valence-corrected chi connectivity index (χ0v) is 13.7. The highest BCUT2D eigenvalue weighted by molar-refractivity contribution is 8.26. The Kier molecular flexibility index (Phi) is 5.22. The lowest BCUT2D eigenvalue weighted by molar-refractivity contribution is -0.311. The van der Waals surface area contributed by atoms with Gasteiger partial charge in [-0.05, 0) is 30.5 Å². The van der Waals surface area contributed by atoms with Gasteiger partial charge in [0.1, 0.15) is 4.32 Å². The van der Waals surface area contributed by atoms with Gasteiger partial charge in [0.2, 0.25) is 0 Å². The van der Waals surface area contributed by atoms with E-state index >= 15 is 0 Å². The molecule has 1 aromatic heterocycles. The number of aliphatic carboxylic acids is 2. The van der Waals surface area contributed by atoms with Crippen LogP contribution in [0, 0.1) is 0 Å². The molecule has 23 heavy (non-hydrogen) atoms. The Hall–Kier alpha value is -2.13. The van der Waals surface area contributed by atoms with E-state index in [0.29, 0.717) is 0 Å². The standard InChI is InChI=1S/C14H14N2O5S2/c1-15-5-4-8(7-15)6-10-12(19)16(14(22)23-10)9(13(20)21)2-3-11(17)18/h4-7,9H,2-3H2,1H3,(H,17,18)(H,20,21)/p-2/b10-6+/t9-/m0/s1. The van der Waals surface area contributed by atoms with Crippen LogP contribution in [0.15, 0.2) is 23.4 Å². The van der Waals surface area contributed by atoms with Crippen molar-refractivity contribution in [2.24, 2.45) is 7.05 Å². The van der Waals surface area contributed by atoms with E-state index < -0.39 is 30.3 Å². The second-order valence-corrected chi connectivity index (χ2v) is 6.58. The summed E-state index contributed by atoms with van der Waals surface area (Å²) in [6.07, 6.45) is 4.36. The van der Waals surface area contributed by atoms with Crippen LogP contribution in [0.3, 0.4) is 0 Å². The first-order valence-electron chi connectivity index (χ1n) is 6.59. The molecule has 0 bridgehead atoms. The monoisotopic (exact) mass is 352 g/mol. The maximum atomic E-state index is 12.4. The third-order valence-corrected chi connectivity index (χ3v) is 4.51. The van der Waals surface area contributed by atoms with Gasteiger partial charge in [0, 0.05) is 25.4 Å². The van der Waals surface area contributed by atoms with E-state index in [2.05, 4.69) is 0 Å². The van der Waals surface area contributed by atoms with Crippen molar-refractivity contribution in [2.45, 2.75) is 18.9 Å². The van der Waals surface area contributed by atoms with Gasteiger partial charge in [0.25, 0.3) is 5.91 Å². The molecule has 122 valence electrons. The number of amides is 1. The average molecular weight is 352 g/mol. The van der Waals surface area contributed by atoms with Crippen LogP contribution in [0.5, 0.6) is 0 Å². The SMILES string of the molecule is Cn1ccc(/C=C2/SC(=S)N([C@@H](CCC(=O)[O-])C(=O)[O-])C2=O)c1. The normalized spacial score (nSPS) is 17.8. The maximum Gasteiger partial charge on any atom is 0.266 e. The number of aryl methyl sites for hydroxylation is 1. The second-order valence-electron chi connectivity index (χ2n) is 4.91. The van der Waals surface area contributed by atoms with E-state index in [1.54, 1.807) is 29.1 Å². The van der Waals surface area contributed by atoms with Crippen molar-refractivity contribution in [2.75, 3.05) is 0 Å². The molecule has 1 aromatic rings. The van der Waals surface area contributed by atoms with Crippen LogP contribution in [0.25, 0.3) is 6.08 Å². The third-order valence-electron chi connectivity index (χ3n) is 3.18. The summed E-state index contributed by atoms with van der Waals surface area (Å²) in [5, 5.41) is 21.8. The highest BCUT2D eigenvalue weighted by atomic mass is 32.2. The molecule has 0 N–H and O–H groups in total. The first-order valence-corrected chi connectivity index (χ1v) is 7.82. The molecule has 2 heterocycles. The molecule has 0 aromatic carbocycles. The molecule has 1 amide bonds. The number of rotatable bonds is 6. The average Bonchev–Trinajstić information content (AvgIpc) is 2.96. The summed E-state index contributed by atoms with van der Waals surface area (Å²) in [6, 6.07) is 0.362. The quantitative estimate of drug-likeness (QED) is 0.471. The fourth-order valence-corrected chi connectivity index (χ4v) is 3.47. The van der Waals surface area contributed by atoms with Gasteiger partial charge < -0.3 is 24.4 Å². The van der Waals surface area contributed by atoms with E-state index in [1.807, 2.05) is 7.05 Å². The van der Waals surface area contributed by atoms with Crippen LogP contribution >= 0.6 is 24.0 Å². The van der Waals surface area contributed by atoms with Gasteiger partial charge in [-0.15, -0.1) is 0 Å². The predicted octanol–water partition coefficient (Wildman–Crippen LogP) is -1.13. The fraction of sp³-hybridized carbons (Fsp3) is 0.286. The van der Waals surface area contributed by atoms with Crippen LogP contribution in [0.1, 0.15) is 18.4 Å². The number of nitrogens with zero attached hydrogens (tertiary/aromatic N) is 2. The number of aromatic nitrogens is 1. The molecule has 0 radical (unpaired) electrons. The predicted molar refractivity (Wildman–Crippen MR) is 83.5 cm³/mol. The van der Waals surface area contributed by atoms with E-state index in [-0.39, 0.29) is 15.6 Å². The molecular weight excluding hydrogens is 340 g/mol. The lowest BCUT2D eigenvalue weighted by Crippen LogP contribution is -2.50. The number of carbonyl (C=O) groups excluding carboxylic acids is 3. The molecule has 9 heteroatoms. The Morgan fingerprint density at radius 1 is 1.43 bits per heavy atom. The van der Waals surface area contributed by atoms with Crippen LogP contribution in [0.4, 0.5) is 0 Å². The topological polar surface area (TPSA) is 106 Å². The maximum absolute atomic E-state index is 12.4. The lowest BCUT2D eigenvalue weighted by atomic mass is 10.1. The molecule has 1 fully saturated rings. The largest absolute Gasteiger partial charge is 0.550 e. The van der Waals surface area contributed by atoms with Crippen molar-refractivity contribution >= 4 is 52.2 Å². The highest BCUT2D eigenvalue weighted by Crippen LogP contribution is 2.34. The van der Waals surface area contributed by atoms with Gasteiger partial charge in [0.15, 0.2) is 0 Å². The minimum atomic E-state index is -1.55. The summed E-state index contributed by atoms with van der Waals surface area (Å²) in [6.45, 7) is 0. The Morgan fingerprint density at radius 2 is 2.13 bits per heavy atom. The van der Waals surface area contributed by atoms with Crippen LogP contribution in [-0.4, -0.2) is 37.7 Å². The number of thioether (sulfide) groups is 1. The zero-order valence-electron chi connectivity index (χ0n) is 12.1. The Bertz CT molecular complexity index is 710. The fourth-order valence-electron chi connectivity index (χ4n) is 2.12. The summed E-state index contributed by atoms with van der Waals surface area (Å²) in [5.74, 6) is -3.53. The van der Waals surface area contributed by atoms with Crippen molar-refractivity contribution in [3.63, 3.8) is 0 Å². The molecule has 1 aliphatic rings. The molecule has 0 saturated carbocycles. The summed E-state index contributed by atoms with van der Waals surface area (Å²) in [5.41, 5.74) is 0.771. The lowest BCUT2D eigenvalue weighted by Gasteiger charge is -2.27. The number of hydrogen-bond donors (Lipinski definition) is 0. The third kappa shape index (κ3) is 3.99. The summed E-state index contributed by atoms with van der Waals surface area (Å²) < 4.78 is 1.86. The smallest absolute Gasteiger partial charge is 0.266 e. The molecule has 0 aliphatic carbocycles. The van der Waals surface area contributed by atoms with Gasteiger partial charge in [-0.2, -0.15) is 0 Å². The van der Waals surface area contributed by atoms with Crippen molar-refractivity contribution in [1.82, 2.24) is 9.47 Å². The van der Waals surface area contributed by atoms with Gasteiger partial charge in [-0.3, -0.25) is 9.69 Å². The first-order chi connectivity index (χ1) is 10.8. The molecule has 2 rings (SSSR count). The van der Waals surface area contributed by atoms with Gasteiger partial charge >= 0.3 is 0 Å². The van der Waals surface area contributed by atoms with Crippen LogP contribution < -0.4 is 10.2 Å². The van der Waals surface area contributed by atoms with Crippen LogP contribution in [0.2, 0.25) is 0 Å². The molecule has 0 spiro atoms. The minimum absolute atomic E-state index is 0.0599. The Morgan fingerprint density at radius 3 is 2.65 bits per heavy atom. The van der Waals surface area contributed by atoms with Crippen molar-refractivity contribution < 1.29 is 24.6 Å². The van der Waals surface area contributed by atoms with Crippen molar-refractivity contribution in [3.05, 3.63) is 28.9 Å². The van der Waals surface area contributed by atoms with Gasteiger partial charge in [-0.1, -0.05) is 24.0 Å². The van der Waals surface area contributed by atoms with Gasteiger partial charge in [-0.25, -0.2) is 0 Å². The summed E-state index contributed by atoms with van der Waals surface area (Å²) in [4.78, 5) is 35.4. The van der Waals surface area contributed by atoms with E-state index in [0.717, 1.165) is 22.2 Å². The van der Waals surface area contributed by atoms with E-state index in [9.17, 15) is 24.6 Å². The van der Waals surface area contributed by atoms with Gasteiger partial charge in [0.05, 0.1) is 16.9 Å². The highest BCUT2D eigenvalue weighted by Gasteiger charge is 2.37. The second kappa shape index (κ2) is 6.97. The van der Waals surface area contributed by atoms with Crippen molar-refractivity contribution in [3.8, 4) is 0 Å². The Balaban J connectivity index is 2.24. The number of carboxylic acid groups (broad SMARTS) is 2. The number of hydrogen-bond acceptors (Lipinski definition) is 7. The van der Waals surface area contributed by atoms with Crippen LogP contribution in [-0.2, 0) is 21.4 Å². The van der Waals surface area contributed by atoms with Crippen molar-refractivity contribution in [1.29, 1.82) is 0 Å². The summed E-state index contributed by atoms with van der Waals surface area (Å²) >= 11 is 6.03.